The molecule has 3 aromatic rings. The van der Waals surface area contributed by atoms with Crippen molar-refractivity contribution in [3.63, 3.8) is 0 Å². The third-order valence-electron chi connectivity index (χ3n) is 3.49. The van der Waals surface area contributed by atoms with Crippen LogP contribution in [0.3, 0.4) is 0 Å². The Labute approximate surface area is 145 Å². The summed E-state index contributed by atoms with van der Waals surface area (Å²) in [5.41, 5.74) is 1.70. The Hall–Kier alpha value is -3.06. The highest BCUT2D eigenvalue weighted by Crippen LogP contribution is 2.16. The van der Waals surface area contributed by atoms with Gasteiger partial charge in [-0.1, -0.05) is 18.2 Å². The molecule has 7 heteroatoms. The zero-order chi connectivity index (χ0) is 17.7. The molecule has 2 N–H and O–H groups in total. The molecule has 0 unspecified atom stereocenters. The Balaban J connectivity index is 1.67. The fourth-order valence-corrected chi connectivity index (χ4v) is 3.24. The molecular formula is C18H16N2O4S. The van der Waals surface area contributed by atoms with Crippen molar-refractivity contribution < 1.29 is 17.6 Å². The zero-order valence-corrected chi connectivity index (χ0v) is 14.0. The number of anilines is 1. The molecule has 0 aliphatic carbocycles. The number of carbonyl (C=O) groups excluding carboxylic acids is 1. The number of amides is 1. The lowest BCUT2D eigenvalue weighted by Gasteiger charge is -2.09. The molecule has 0 aliphatic rings. The molecule has 0 bridgehead atoms. The van der Waals surface area contributed by atoms with E-state index in [-0.39, 0.29) is 10.8 Å². The average molecular weight is 356 g/mol. The van der Waals surface area contributed by atoms with Crippen molar-refractivity contribution in [2.75, 3.05) is 4.72 Å². The number of nitrogens with one attached hydrogen (secondary N) is 2. The van der Waals surface area contributed by atoms with Crippen LogP contribution in [0.2, 0.25) is 0 Å². The number of hydrogen-bond donors (Lipinski definition) is 2. The van der Waals surface area contributed by atoms with Crippen LogP contribution >= 0.6 is 0 Å². The maximum atomic E-state index is 12.3. The molecule has 3 rings (SSSR count). The zero-order valence-electron chi connectivity index (χ0n) is 13.2. The summed E-state index contributed by atoms with van der Waals surface area (Å²) >= 11 is 0. The van der Waals surface area contributed by atoms with Gasteiger partial charge in [0.1, 0.15) is 0 Å². The molecule has 1 amide bonds. The van der Waals surface area contributed by atoms with E-state index in [1.807, 2.05) is 0 Å². The molecule has 1 heterocycles. The topological polar surface area (TPSA) is 88.4 Å². The van der Waals surface area contributed by atoms with E-state index in [1.54, 1.807) is 42.7 Å². The van der Waals surface area contributed by atoms with Crippen LogP contribution in [0.25, 0.3) is 0 Å². The second kappa shape index (κ2) is 7.23. The first-order valence-electron chi connectivity index (χ1n) is 7.52. The second-order valence-electron chi connectivity index (χ2n) is 5.31. The van der Waals surface area contributed by atoms with E-state index in [0.29, 0.717) is 17.8 Å². The van der Waals surface area contributed by atoms with Gasteiger partial charge in [-0.3, -0.25) is 9.52 Å². The van der Waals surface area contributed by atoms with Crippen molar-refractivity contribution in [1.82, 2.24) is 5.32 Å². The molecule has 2 aromatic carbocycles. The predicted octanol–water partition coefficient (Wildman–Crippen LogP) is 3.01. The average Bonchev–Trinajstić information content (AvgIpc) is 3.14. The summed E-state index contributed by atoms with van der Waals surface area (Å²) in [6.45, 7) is 0.338. The van der Waals surface area contributed by atoms with Crippen molar-refractivity contribution in [1.29, 1.82) is 0 Å². The molecule has 0 aliphatic heterocycles. The molecule has 25 heavy (non-hydrogen) atoms. The van der Waals surface area contributed by atoms with Gasteiger partial charge < -0.3 is 9.73 Å². The number of benzene rings is 2. The minimum atomic E-state index is -3.70. The number of hydrogen-bond acceptors (Lipinski definition) is 4. The number of furan rings is 1. The summed E-state index contributed by atoms with van der Waals surface area (Å²) in [6, 6.07) is 16.1. The van der Waals surface area contributed by atoms with Gasteiger partial charge in [-0.15, -0.1) is 0 Å². The van der Waals surface area contributed by atoms with E-state index in [1.165, 1.54) is 30.5 Å². The van der Waals surface area contributed by atoms with Gasteiger partial charge in [0.15, 0.2) is 0 Å². The fourth-order valence-electron chi connectivity index (χ4n) is 2.18. The smallest absolute Gasteiger partial charge is 0.261 e. The van der Waals surface area contributed by atoms with Gasteiger partial charge in [-0.2, -0.15) is 0 Å². The Morgan fingerprint density at radius 1 is 0.960 bits per heavy atom. The Morgan fingerprint density at radius 3 is 2.32 bits per heavy atom. The SMILES string of the molecule is O=C(NCc1ccoc1)c1ccc(S(=O)(=O)Nc2ccccc2)cc1. The van der Waals surface area contributed by atoms with E-state index >= 15 is 0 Å². The van der Waals surface area contributed by atoms with E-state index < -0.39 is 10.0 Å². The van der Waals surface area contributed by atoms with Gasteiger partial charge in [0, 0.05) is 23.4 Å². The van der Waals surface area contributed by atoms with E-state index in [0.717, 1.165) is 5.56 Å². The summed E-state index contributed by atoms with van der Waals surface area (Å²) in [4.78, 5) is 12.2. The lowest BCUT2D eigenvalue weighted by Crippen LogP contribution is -2.22. The highest BCUT2D eigenvalue weighted by molar-refractivity contribution is 7.92. The largest absolute Gasteiger partial charge is 0.472 e. The Bertz CT molecular complexity index is 935. The molecule has 0 fully saturated rings. The molecular weight excluding hydrogens is 340 g/mol. The minimum absolute atomic E-state index is 0.0859. The van der Waals surface area contributed by atoms with Crippen molar-refractivity contribution in [3.05, 3.63) is 84.3 Å². The molecule has 6 nitrogen and oxygen atoms in total. The normalized spacial score (nSPS) is 11.0. The minimum Gasteiger partial charge on any atom is -0.472 e. The van der Waals surface area contributed by atoms with Crippen LogP contribution in [-0.2, 0) is 16.6 Å². The monoisotopic (exact) mass is 356 g/mol. The fraction of sp³-hybridized carbons (Fsp3) is 0.0556. The molecule has 0 saturated carbocycles. The third-order valence-corrected chi connectivity index (χ3v) is 4.88. The van der Waals surface area contributed by atoms with E-state index in [4.69, 9.17) is 4.42 Å². The Kier molecular flexibility index (Phi) is 4.85. The lowest BCUT2D eigenvalue weighted by atomic mass is 10.2. The highest BCUT2D eigenvalue weighted by atomic mass is 32.2. The second-order valence-corrected chi connectivity index (χ2v) is 6.99. The van der Waals surface area contributed by atoms with Crippen molar-refractivity contribution in [3.8, 4) is 0 Å². The predicted molar refractivity (Wildman–Crippen MR) is 93.6 cm³/mol. The van der Waals surface area contributed by atoms with Crippen molar-refractivity contribution in [2.45, 2.75) is 11.4 Å². The molecule has 0 radical (unpaired) electrons. The third kappa shape index (κ3) is 4.27. The van der Waals surface area contributed by atoms with Crippen LogP contribution < -0.4 is 10.0 Å². The van der Waals surface area contributed by atoms with Gasteiger partial charge in [0.25, 0.3) is 15.9 Å². The summed E-state index contributed by atoms with van der Waals surface area (Å²) in [5, 5.41) is 2.74. The van der Waals surface area contributed by atoms with Crippen molar-refractivity contribution in [2.24, 2.45) is 0 Å². The molecule has 0 saturated heterocycles. The molecule has 1 aromatic heterocycles. The number of sulfonamides is 1. The number of rotatable bonds is 6. The number of para-hydroxylation sites is 1. The van der Waals surface area contributed by atoms with Crippen LogP contribution in [0.15, 0.2) is 82.5 Å². The maximum Gasteiger partial charge on any atom is 0.261 e. The van der Waals surface area contributed by atoms with Crippen LogP contribution in [0.5, 0.6) is 0 Å². The molecule has 0 spiro atoms. The first-order valence-corrected chi connectivity index (χ1v) is 9.00. The van der Waals surface area contributed by atoms with Crippen LogP contribution in [-0.4, -0.2) is 14.3 Å². The lowest BCUT2D eigenvalue weighted by molar-refractivity contribution is 0.0951. The van der Waals surface area contributed by atoms with Gasteiger partial charge in [-0.05, 0) is 42.5 Å². The van der Waals surface area contributed by atoms with Crippen LogP contribution in [0, 0.1) is 0 Å². The summed E-state index contributed by atoms with van der Waals surface area (Å²) < 4.78 is 32.1. The van der Waals surface area contributed by atoms with Gasteiger partial charge >= 0.3 is 0 Å². The van der Waals surface area contributed by atoms with Crippen molar-refractivity contribution >= 4 is 21.6 Å². The van der Waals surface area contributed by atoms with E-state index in [9.17, 15) is 13.2 Å². The summed E-state index contributed by atoms with van der Waals surface area (Å²) in [7, 11) is -3.70. The standard InChI is InChI=1S/C18H16N2O4S/c21-18(19-12-14-10-11-24-13-14)15-6-8-17(9-7-15)25(22,23)20-16-4-2-1-3-5-16/h1-11,13,20H,12H2,(H,19,21). The summed E-state index contributed by atoms with van der Waals surface area (Å²) in [5.74, 6) is -0.291. The van der Waals surface area contributed by atoms with Gasteiger partial charge in [0.2, 0.25) is 0 Å². The highest BCUT2D eigenvalue weighted by Gasteiger charge is 2.15. The molecule has 128 valence electrons. The quantitative estimate of drug-likeness (QED) is 0.711. The first kappa shape index (κ1) is 16.8. The van der Waals surface area contributed by atoms with E-state index in [2.05, 4.69) is 10.0 Å². The molecule has 0 atom stereocenters. The summed E-state index contributed by atoms with van der Waals surface area (Å²) in [6.07, 6.45) is 3.08. The van der Waals surface area contributed by atoms with Crippen LogP contribution in [0.4, 0.5) is 5.69 Å². The number of carbonyl (C=O) groups is 1. The maximum absolute atomic E-state index is 12.3. The van der Waals surface area contributed by atoms with Gasteiger partial charge in [0.05, 0.1) is 17.4 Å². The first-order chi connectivity index (χ1) is 12.0. The van der Waals surface area contributed by atoms with Crippen LogP contribution in [0.1, 0.15) is 15.9 Å². The van der Waals surface area contributed by atoms with Gasteiger partial charge in [-0.25, -0.2) is 8.42 Å². The Morgan fingerprint density at radius 2 is 1.68 bits per heavy atom.